The van der Waals surface area contributed by atoms with Gasteiger partial charge in [-0.25, -0.2) is 0 Å². The van der Waals surface area contributed by atoms with Crippen molar-refractivity contribution >= 4 is 57.2 Å². The molecule has 14 aromatic carbocycles. The first-order valence-corrected chi connectivity index (χ1v) is 37.3. The van der Waals surface area contributed by atoms with Crippen LogP contribution in [0.5, 0.6) is 0 Å². The summed E-state index contributed by atoms with van der Waals surface area (Å²) in [5, 5.41) is 0. The lowest BCUT2D eigenvalue weighted by atomic mass is 9.33. The van der Waals surface area contributed by atoms with Crippen molar-refractivity contribution in [1.82, 2.24) is 0 Å². The molecule has 0 saturated carbocycles. The second-order valence-electron chi connectivity index (χ2n) is 33.2. The molecular weight excluding hydrogens is 1250 g/mol. The number of fused-ring (bicyclic) bond motifs is 7. The summed E-state index contributed by atoms with van der Waals surface area (Å²) in [6, 6.07) is 124. The van der Waals surface area contributed by atoms with Crippen LogP contribution in [0.15, 0.2) is 322 Å². The average Bonchev–Trinajstić information content (AvgIpc) is 1.16. The number of rotatable bonds is 10. The molecule has 0 radical (unpaired) electrons. The van der Waals surface area contributed by atoms with Gasteiger partial charge in [0.1, 0.15) is 0 Å². The molecule has 0 spiro atoms. The number of benzene rings is 14. The molecule has 0 fully saturated rings. The van der Waals surface area contributed by atoms with Crippen molar-refractivity contribution in [1.29, 1.82) is 0 Å². The van der Waals surface area contributed by atoms with Gasteiger partial charge in [-0.3, -0.25) is 0 Å². The number of anilines is 6. The van der Waals surface area contributed by atoms with Gasteiger partial charge in [0, 0.05) is 45.0 Å². The minimum atomic E-state index is -0.710. The van der Waals surface area contributed by atoms with E-state index >= 15 is 0 Å². The lowest BCUT2D eigenvalue weighted by Gasteiger charge is -2.46. The van der Waals surface area contributed by atoms with Crippen LogP contribution in [-0.2, 0) is 27.1 Å². The Hall–Kier alpha value is -11.3. The zero-order valence-electron chi connectivity index (χ0n) is 62.1. The fraction of sp³-hybridized carbons (Fsp3) is 0.168. The van der Waals surface area contributed by atoms with E-state index in [1.165, 1.54) is 106 Å². The number of hydrogen-bond donors (Lipinski definition) is 0. The molecule has 0 bridgehead atoms. The Balaban J connectivity index is 1.10. The summed E-state index contributed by atoms with van der Waals surface area (Å²) in [5.74, 6) is 0. The minimum Gasteiger partial charge on any atom is -0.310 e. The minimum absolute atomic E-state index is 0.0934. The fourth-order valence-electron chi connectivity index (χ4n) is 17.2. The van der Waals surface area contributed by atoms with E-state index < -0.39 is 5.41 Å². The standard InChI is InChI=1S/C101H89BN2/c1-97(2,3)75-54-55-87-90(65-75)104(96-84(68-39-23-15-24-40-68)63-78(100(10,11)12)64-85(96)69-41-25-16-26-42-69)92-61-72(79-48-33-51-83-82-47-31-32-52-86(82)101(93(79)83,73-43-27-17-28-44-73)74-45-29-18-30-46-74)60-91-94(92)102(87)88-59-70(71-57-76(98(4,5)6)62-77(58-71)99(7,8)9)53-56-89(88)103(91)95-80(66-35-19-13-20-36-66)49-34-50-81(95)67-37-21-14-22-38-67/h13-65H,1-12H3. The molecule has 2 aliphatic heterocycles. The largest absolute Gasteiger partial charge is 0.310 e. The Bertz CT molecular complexity index is 5440. The first-order chi connectivity index (χ1) is 50.1. The fourth-order valence-corrected chi connectivity index (χ4v) is 17.2. The predicted molar refractivity (Wildman–Crippen MR) is 445 cm³/mol. The first kappa shape index (κ1) is 66.0. The Labute approximate surface area is 617 Å². The molecule has 2 nitrogen and oxygen atoms in total. The van der Waals surface area contributed by atoms with Crippen LogP contribution in [0.2, 0.25) is 0 Å². The molecule has 3 heteroatoms. The Morgan fingerprint density at radius 2 is 0.644 bits per heavy atom. The van der Waals surface area contributed by atoms with Crippen molar-refractivity contribution in [3.8, 4) is 77.9 Å². The third-order valence-electron chi connectivity index (χ3n) is 22.5. The molecule has 0 unspecified atom stereocenters. The molecule has 2 heterocycles. The van der Waals surface area contributed by atoms with E-state index in [-0.39, 0.29) is 28.4 Å². The summed E-state index contributed by atoms with van der Waals surface area (Å²) < 4.78 is 0. The van der Waals surface area contributed by atoms with Crippen molar-refractivity contribution in [2.75, 3.05) is 9.80 Å². The number of nitrogens with zero attached hydrogens (tertiary/aromatic N) is 2. The molecule has 0 aromatic heterocycles. The summed E-state index contributed by atoms with van der Waals surface area (Å²) >= 11 is 0. The lowest BCUT2D eigenvalue weighted by Crippen LogP contribution is -2.61. The van der Waals surface area contributed by atoms with Crippen LogP contribution < -0.4 is 26.2 Å². The summed E-state index contributed by atoms with van der Waals surface area (Å²) in [7, 11) is 0. The van der Waals surface area contributed by atoms with Gasteiger partial charge in [0.2, 0.25) is 0 Å². The second kappa shape index (κ2) is 25.0. The van der Waals surface area contributed by atoms with Gasteiger partial charge in [0.25, 0.3) is 6.71 Å². The van der Waals surface area contributed by atoms with Crippen LogP contribution in [0.4, 0.5) is 34.1 Å². The first-order valence-electron chi connectivity index (χ1n) is 37.3. The zero-order valence-corrected chi connectivity index (χ0v) is 62.1. The summed E-state index contributed by atoms with van der Waals surface area (Å²) in [6.45, 7) is 28.1. The molecule has 1 aliphatic carbocycles. The maximum absolute atomic E-state index is 2.76. The Morgan fingerprint density at radius 3 is 1.13 bits per heavy atom. The quantitative estimate of drug-likeness (QED) is 0.126. The molecule has 17 rings (SSSR count). The van der Waals surface area contributed by atoms with Crippen LogP contribution in [-0.4, -0.2) is 6.71 Å². The maximum atomic E-state index is 2.76. The van der Waals surface area contributed by atoms with Crippen molar-refractivity contribution in [2.24, 2.45) is 0 Å². The van der Waals surface area contributed by atoms with Crippen molar-refractivity contribution in [3.63, 3.8) is 0 Å². The van der Waals surface area contributed by atoms with Crippen LogP contribution in [0.3, 0.4) is 0 Å². The highest BCUT2D eigenvalue weighted by molar-refractivity contribution is 7.00. The second-order valence-corrected chi connectivity index (χ2v) is 33.2. The van der Waals surface area contributed by atoms with E-state index in [0.29, 0.717) is 0 Å². The van der Waals surface area contributed by atoms with Crippen molar-refractivity contribution in [3.05, 3.63) is 366 Å². The van der Waals surface area contributed by atoms with Crippen molar-refractivity contribution in [2.45, 2.75) is 110 Å². The lowest BCUT2D eigenvalue weighted by molar-refractivity contribution is 0.569. The van der Waals surface area contributed by atoms with Gasteiger partial charge in [-0.1, -0.05) is 368 Å². The van der Waals surface area contributed by atoms with Crippen LogP contribution >= 0.6 is 0 Å². The normalized spacial score (nSPS) is 13.6. The topological polar surface area (TPSA) is 6.48 Å². The van der Waals surface area contributed by atoms with Crippen molar-refractivity contribution < 1.29 is 0 Å². The predicted octanol–water partition coefficient (Wildman–Crippen LogP) is 25.3. The zero-order chi connectivity index (χ0) is 71.6. The molecule has 0 amide bonds. The summed E-state index contributed by atoms with van der Waals surface area (Å²) in [4.78, 5) is 5.48. The third-order valence-corrected chi connectivity index (χ3v) is 22.5. The monoisotopic (exact) mass is 1340 g/mol. The summed E-state index contributed by atoms with van der Waals surface area (Å²) in [5.41, 5.74) is 36.0. The van der Waals surface area contributed by atoms with Crippen LogP contribution in [0, 0.1) is 0 Å². The van der Waals surface area contributed by atoms with E-state index in [4.69, 9.17) is 0 Å². The van der Waals surface area contributed by atoms with Gasteiger partial charge in [0.15, 0.2) is 0 Å². The van der Waals surface area contributed by atoms with Gasteiger partial charge in [0.05, 0.1) is 16.8 Å². The molecule has 3 aliphatic rings. The van der Waals surface area contributed by atoms with E-state index in [1.54, 1.807) is 0 Å². The van der Waals surface area contributed by atoms with Gasteiger partial charge < -0.3 is 9.80 Å². The van der Waals surface area contributed by atoms with Crippen LogP contribution in [0.25, 0.3) is 77.9 Å². The number of para-hydroxylation sites is 1. The van der Waals surface area contributed by atoms with E-state index in [1.807, 2.05) is 0 Å². The highest BCUT2D eigenvalue weighted by Crippen LogP contribution is 2.61. The molecular formula is C101H89BN2. The Kier molecular flexibility index (Phi) is 15.9. The van der Waals surface area contributed by atoms with Crippen LogP contribution in [0.1, 0.15) is 128 Å². The molecule has 0 N–H and O–H groups in total. The molecule has 0 saturated heterocycles. The Morgan fingerprint density at radius 1 is 0.240 bits per heavy atom. The van der Waals surface area contributed by atoms with Gasteiger partial charge in [-0.2, -0.15) is 0 Å². The third kappa shape index (κ3) is 11.0. The van der Waals surface area contributed by atoms with Gasteiger partial charge in [-0.05, 0) is 175 Å². The molecule has 506 valence electrons. The summed E-state index contributed by atoms with van der Waals surface area (Å²) in [6.07, 6.45) is 0. The SMILES string of the molecule is CC(C)(C)c1cc(-c2ccc3c(c2)B2c4ccc(C(C)(C)C)cc4N(c4c(-c5ccccc5)cc(C(C)(C)C)cc4-c4ccccc4)c4cc(-c5cccc6c5C(c5ccccc5)(c5ccccc5)c5ccccc5-6)cc(c42)N3c2c(-c3ccccc3)cccc2-c2ccccc2)cc(C(C)(C)C)c1. The highest BCUT2D eigenvalue weighted by Gasteiger charge is 2.50. The maximum Gasteiger partial charge on any atom is 0.252 e. The van der Waals surface area contributed by atoms with E-state index in [0.717, 1.165) is 67.4 Å². The van der Waals surface area contributed by atoms with Gasteiger partial charge >= 0.3 is 0 Å². The smallest absolute Gasteiger partial charge is 0.252 e. The number of hydrogen-bond acceptors (Lipinski definition) is 2. The average molecular weight is 1340 g/mol. The molecule has 0 atom stereocenters. The van der Waals surface area contributed by atoms with Gasteiger partial charge in [-0.15, -0.1) is 0 Å². The van der Waals surface area contributed by atoms with E-state index in [2.05, 4.69) is 414 Å². The molecule has 14 aromatic rings. The highest BCUT2D eigenvalue weighted by atomic mass is 15.2. The molecule has 104 heavy (non-hydrogen) atoms. The van der Waals surface area contributed by atoms with E-state index in [9.17, 15) is 0 Å².